The number of benzene rings is 1. The van der Waals surface area contributed by atoms with E-state index in [2.05, 4.69) is 26.8 Å². The van der Waals surface area contributed by atoms with Gasteiger partial charge in [0, 0.05) is 0 Å². The van der Waals surface area contributed by atoms with Crippen LogP contribution in [0.2, 0.25) is 0 Å². The van der Waals surface area contributed by atoms with E-state index in [1.54, 1.807) is 0 Å². The Bertz CT molecular complexity index is 340. The Hall–Kier alpha value is -1.33. The third kappa shape index (κ3) is 4.62. The molecule has 0 bridgehead atoms. The molecule has 0 saturated carbocycles. The lowest BCUT2D eigenvalue weighted by molar-refractivity contribution is 0.0599. The maximum atomic E-state index is 8.63. The van der Waals surface area contributed by atoms with Gasteiger partial charge in [-0.15, -0.1) is 0 Å². The topological polar surface area (TPSA) is 33.0 Å². The molecule has 0 aliphatic heterocycles. The number of ether oxygens (including phenoxy) is 1. The summed E-state index contributed by atoms with van der Waals surface area (Å²) in [6.45, 7) is 7.79. The molecule has 1 rings (SSSR count). The van der Waals surface area contributed by atoms with E-state index in [9.17, 15) is 0 Å². The van der Waals surface area contributed by atoms with Crippen LogP contribution < -0.4 is 0 Å². The van der Waals surface area contributed by atoms with Crippen molar-refractivity contribution in [3.8, 4) is 6.07 Å². The fraction of sp³-hybridized carbons (Fsp3) is 0.462. The van der Waals surface area contributed by atoms with Crippen molar-refractivity contribution in [2.75, 3.05) is 6.61 Å². The number of nitriles is 1. The van der Waals surface area contributed by atoms with Gasteiger partial charge in [-0.1, -0.05) is 32.9 Å². The zero-order valence-corrected chi connectivity index (χ0v) is 9.58. The number of nitrogens with zero attached hydrogens (tertiary/aromatic N) is 1. The van der Waals surface area contributed by atoms with E-state index >= 15 is 0 Å². The summed E-state index contributed by atoms with van der Waals surface area (Å²) in [5.74, 6) is 0. The van der Waals surface area contributed by atoms with Crippen LogP contribution in [-0.2, 0) is 11.3 Å². The largest absolute Gasteiger partial charge is 0.376 e. The minimum atomic E-state index is 0.201. The van der Waals surface area contributed by atoms with Gasteiger partial charge in [0.05, 0.1) is 24.8 Å². The molecule has 0 amide bonds. The molecule has 0 radical (unpaired) electrons. The lowest BCUT2D eigenvalue weighted by Gasteiger charge is -2.17. The van der Waals surface area contributed by atoms with Gasteiger partial charge in [0.1, 0.15) is 0 Å². The number of hydrogen-bond donors (Lipinski definition) is 0. The molecule has 15 heavy (non-hydrogen) atoms. The SMILES string of the molecule is CC(C)(C)COCc1ccc(C#N)cc1. The third-order valence-corrected chi connectivity index (χ3v) is 1.89. The summed E-state index contributed by atoms with van der Waals surface area (Å²) in [6, 6.07) is 9.59. The first-order valence-electron chi connectivity index (χ1n) is 5.08. The van der Waals surface area contributed by atoms with Crippen LogP contribution in [0.4, 0.5) is 0 Å². The van der Waals surface area contributed by atoms with Gasteiger partial charge in [-0.25, -0.2) is 0 Å². The lowest BCUT2D eigenvalue weighted by atomic mass is 9.99. The molecular weight excluding hydrogens is 186 g/mol. The van der Waals surface area contributed by atoms with E-state index in [0.717, 1.165) is 12.2 Å². The van der Waals surface area contributed by atoms with E-state index in [4.69, 9.17) is 10.00 Å². The van der Waals surface area contributed by atoms with Crippen LogP contribution in [0, 0.1) is 16.7 Å². The molecule has 0 aliphatic rings. The van der Waals surface area contributed by atoms with Crippen LogP contribution in [-0.4, -0.2) is 6.61 Å². The molecule has 1 aromatic carbocycles. The summed E-state index contributed by atoms with van der Waals surface area (Å²) < 4.78 is 5.57. The Kier molecular flexibility index (Phi) is 3.88. The average Bonchev–Trinajstić information content (AvgIpc) is 2.17. The van der Waals surface area contributed by atoms with Gasteiger partial charge in [-0.05, 0) is 23.1 Å². The van der Waals surface area contributed by atoms with Crippen LogP contribution in [0.1, 0.15) is 31.9 Å². The fourth-order valence-electron chi connectivity index (χ4n) is 1.15. The summed E-state index contributed by atoms with van der Waals surface area (Å²) in [7, 11) is 0. The molecule has 80 valence electrons. The molecule has 0 fully saturated rings. The fourth-order valence-corrected chi connectivity index (χ4v) is 1.15. The summed E-state index contributed by atoms with van der Waals surface area (Å²) in [4.78, 5) is 0. The molecule has 0 N–H and O–H groups in total. The first kappa shape index (κ1) is 11.7. The van der Waals surface area contributed by atoms with Gasteiger partial charge in [-0.3, -0.25) is 0 Å². The number of rotatable bonds is 3. The molecule has 0 aromatic heterocycles. The predicted octanol–water partition coefficient (Wildman–Crippen LogP) is 3.12. The van der Waals surface area contributed by atoms with Crippen LogP contribution in [0.3, 0.4) is 0 Å². The van der Waals surface area contributed by atoms with Crippen LogP contribution in [0.5, 0.6) is 0 Å². The second-order valence-corrected chi connectivity index (χ2v) is 4.86. The maximum Gasteiger partial charge on any atom is 0.0991 e. The first-order chi connectivity index (χ1) is 7.01. The quantitative estimate of drug-likeness (QED) is 0.756. The zero-order chi connectivity index (χ0) is 11.3. The molecular formula is C13H17NO. The Morgan fingerprint density at radius 2 is 1.80 bits per heavy atom. The molecule has 0 spiro atoms. The molecule has 0 aliphatic carbocycles. The maximum absolute atomic E-state index is 8.63. The summed E-state index contributed by atoms with van der Waals surface area (Å²) in [5.41, 5.74) is 2.00. The Morgan fingerprint density at radius 3 is 2.27 bits per heavy atom. The van der Waals surface area contributed by atoms with Gasteiger partial charge in [0.15, 0.2) is 0 Å². The van der Waals surface area contributed by atoms with Gasteiger partial charge < -0.3 is 4.74 Å². The van der Waals surface area contributed by atoms with E-state index in [-0.39, 0.29) is 5.41 Å². The zero-order valence-electron chi connectivity index (χ0n) is 9.58. The van der Waals surface area contributed by atoms with Crippen LogP contribution in [0.15, 0.2) is 24.3 Å². The van der Waals surface area contributed by atoms with Crippen LogP contribution in [0.25, 0.3) is 0 Å². The predicted molar refractivity (Wildman–Crippen MR) is 60.3 cm³/mol. The van der Waals surface area contributed by atoms with Crippen molar-refractivity contribution in [2.45, 2.75) is 27.4 Å². The third-order valence-electron chi connectivity index (χ3n) is 1.89. The molecule has 0 saturated heterocycles. The smallest absolute Gasteiger partial charge is 0.0991 e. The second kappa shape index (κ2) is 4.95. The van der Waals surface area contributed by atoms with Crippen molar-refractivity contribution >= 4 is 0 Å². The highest BCUT2D eigenvalue weighted by Gasteiger charge is 2.09. The Labute approximate surface area is 91.5 Å². The second-order valence-electron chi connectivity index (χ2n) is 4.86. The van der Waals surface area contributed by atoms with Gasteiger partial charge in [0.25, 0.3) is 0 Å². The molecule has 0 unspecified atom stereocenters. The summed E-state index contributed by atoms with van der Waals surface area (Å²) in [6.07, 6.45) is 0. The molecule has 0 heterocycles. The van der Waals surface area contributed by atoms with Gasteiger partial charge in [0.2, 0.25) is 0 Å². The molecule has 2 nitrogen and oxygen atoms in total. The molecule has 0 atom stereocenters. The van der Waals surface area contributed by atoms with Gasteiger partial charge in [-0.2, -0.15) is 5.26 Å². The summed E-state index contributed by atoms with van der Waals surface area (Å²) in [5, 5.41) is 8.63. The highest BCUT2D eigenvalue weighted by atomic mass is 16.5. The van der Waals surface area contributed by atoms with Gasteiger partial charge >= 0.3 is 0 Å². The van der Waals surface area contributed by atoms with Crippen molar-refractivity contribution in [1.29, 1.82) is 5.26 Å². The van der Waals surface area contributed by atoms with Crippen LogP contribution >= 0.6 is 0 Å². The van der Waals surface area contributed by atoms with Crippen molar-refractivity contribution in [3.63, 3.8) is 0 Å². The lowest BCUT2D eigenvalue weighted by Crippen LogP contribution is -2.14. The Balaban J connectivity index is 2.42. The molecule has 2 heteroatoms. The minimum absolute atomic E-state index is 0.201. The van der Waals surface area contributed by atoms with E-state index in [1.807, 2.05) is 24.3 Å². The van der Waals surface area contributed by atoms with Crippen molar-refractivity contribution in [1.82, 2.24) is 0 Å². The molecule has 1 aromatic rings. The van der Waals surface area contributed by atoms with Crippen molar-refractivity contribution in [3.05, 3.63) is 35.4 Å². The minimum Gasteiger partial charge on any atom is -0.376 e. The highest BCUT2D eigenvalue weighted by Crippen LogP contribution is 2.14. The van der Waals surface area contributed by atoms with E-state index < -0.39 is 0 Å². The average molecular weight is 203 g/mol. The summed E-state index contributed by atoms with van der Waals surface area (Å²) >= 11 is 0. The standard InChI is InChI=1S/C13H17NO/c1-13(2,3)10-15-9-12-6-4-11(8-14)5-7-12/h4-7H,9-10H2,1-3H3. The highest BCUT2D eigenvalue weighted by molar-refractivity contribution is 5.31. The Morgan fingerprint density at radius 1 is 1.20 bits per heavy atom. The van der Waals surface area contributed by atoms with Crippen molar-refractivity contribution < 1.29 is 4.74 Å². The van der Waals surface area contributed by atoms with E-state index in [0.29, 0.717) is 12.2 Å². The monoisotopic (exact) mass is 203 g/mol. The normalized spacial score (nSPS) is 11.1. The number of hydrogen-bond acceptors (Lipinski definition) is 2. The van der Waals surface area contributed by atoms with Crippen molar-refractivity contribution in [2.24, 2.45) is 5.41 Å². The van der Waals surface area contributed by atoms with E-state index in [1.165, 1.54) is 0 Å². The first-order valence-corrected chi connectivity index (χ1v) is 5.08.